The largest absolute Gasteiger partial charge is 0.497 e. The summed E-state index contributed by atoms with van der Waals surface area (Å²) >= 11 is 1.72. The second kappa shape index (κ2) is 8.99. The van der Waals surface area contributed by atoms with Crippen LogP contribution in [-0.2, 0) is 6.54 Å². The van der Waals surface area contributed by atoms with Gasteiger partial charge in [-0.25, -0.2) is 4.98 Å². The van der Waals surface area contributed by atoms with Crippen LogP contribution in [0, 0.1) is 12.8 Å². The number of ether oxygens (including phenoxy) is 1. The normalized spacial score (nSPS) is 18.7. The zero-order valence-corrected chi connectivity index (χ0v) is 19.9. The summed E-state index contributed by atoms with van der Waals surface area (Å²) < 4.78 is 7.95. The van der Waals surface area contributed by atoms with Crippen LogP contribution in [0.2, 0.25) is 0 Å². The molecule has 0 aliphatic heterocycles. The van der Waals surface area contributed by atoms with Crippen molar-refractivity contribution in [2.24, 2.45) is 5.92 Å². The fourth-order valence-corrected chi connectivity index (χ4v) is 5.86. The summed E-state index contributed by atoms with van der Waals surface area (Å²) in [5.41, 5.74) is 5.99. The van der Waals surface area contributed by atoms with Gasteiger partial charge in [0.25, 0.3) is 0 Å². The molecule has 0 saturated heterocycles. The minimum Gasteiger partial charge on any atom is -0.497 e. The molecular formula is C27H31N3OS. The molecule has 166 valence electrons. The molecule has 4 aromatic rings. The molecule has 4 nitrogen and oxygen atoms in total. The molecule has 2 aromatic heterocycles. The quantitative estimate of drug-likeness (QED) is 0.343. The Balaban J connectivity index is 1.53. The lowest BCUT2D eigenvalue weighted by molar-refractivity contribution is 0.358. The number of thiazole rings is 1. The van der Waals surface area contributed by atoms with Gasteiger partial charge < -0.3 is 14.6 Å². The molecule has 2 atom stereocenters. The molecule has 1 saturated carbocycles. The summed E-state index contributed by atoms with van der Waals surface area (Å²) in [5.74, 6) is 1.67. The lowest BCUT2D eigenvalue weighted by atomic mass is 9.87. The van der Waals surface area contributed by atoms with Crippen molar-refractivity contribution in [3.8, 4) is 17.0 Å². The van der Waals surface area contributed by atoms with Crippen molar-refractivity contribution in [2.75, 3.05) is 12.4 Å². The van der Waals surface area contributed by atoms with Crippen LogP contribution in [0.15, 0.2) is 53.9 Å². The molecule has 2 aromatic carbocycles. The topological polar surface area (TPSA) is 39.1 Å². The third-order valence-electron chi connectivity index (χ3n) is 6.74. The zero-order valence-electron chi connectivity index (χ0n) is 19.1. The number of aromatic nitrogens is 2. The predicted molar refractivity (Wildman–Crippen MR) is 135 cm³/mol. The van der Waals surface area contributed by atoms with Crippen LogP contribution in [0.25, 0.3) is 22.2 Å². The summed E-state index contributed by atoms with van der Waals surface area (Å²) in [7, 11) is 1.73. The Morgan fingerprint density at radius 3 is 2.78 bits per heavy atom. The van der Waals surface area contributed by atoms with Crippen molar-refractivity contribution in [3.05, 3.63) is 65.2 Å². The molecule has 5 heteroatoms. The standard InChI is InChI=1S/C27H31N3OS/c1-18-8-7-11-21(14-18)28-27-29-24(17-32-27)26-19(2)30(16-20-9-5-4-6-10-20)25-13-12-22(31-3)15-23(25)26/h4-6,9-10,12-13,15,17-18,21H,7-8,11,14,16H2,1-3H3,(H,28,29). The monoisotopic (exact) mass is 445 g/mol. The van der Waals surface area contributed by atoms with Gasteiger partial charge >= 0.3 is 0 Å². The number of fused-ring (bicyclic) bond motifs is 1. The molecule has 1 fully saturated rings. The molecule has 1 N–H and O–H groups in total. The number of benzene rings is 2. The van der Waals surface area contributed by atoms with Gasteiger partial charge in [-0.15, -0.1) is 11.3 Å². The first-order chi connectivity index (χ1) is 15.6. The molecule has 1 aliphatic carbocycles. The van der Waals surface area contributed by atoms with E-state index in [1.807, 2.05) is 6.07 Å². The van der Waals surface area contributed by atoms with E-state index in [9.17, 15) is 0 Å². The highest BCUT2D eigenvalue weighted by molar-refractivity contribution is 7.14. The van der Waals surface area contributed by atoms with Crippen LogP contribution < -0.4 is 10.1 Å². The van der Waals surface area contributed by atoms with Gasteiger partial charge in [0.2, 0.25) is 0 Å². The molecule has 5 rings (SSSR count). The lowest BCUT2D eigenvalue weighted by Crippen LogP contribution is -2.26. The number of hydrogen-bond donors (Lipinski definition) is 1. The van der Waals surface area contributed by atoms with Gasteiger partial charge in [0.1, 0.15) is 5.75 Å². The summed E-state index contributed by atoms with van der Waals surface area (Å²) in [6, 6.07) is 17.5. The molecule has 1 aliphatic rings. The van der Waals surface area contributed by atoms with Gasteiger partial charge in [-0.05, 0) is 49.4 Å². The number of nitrogens with one attached hydrogen (secondary N) is 1. The van der Waals surface area contributed by atoms with Crippen molar-refractivity contribution < 1.29 is 4.74 Å². The maximum atomic E-state index is 5.56. The summed E-state index contributed by atoms with van der Waals surface area (Å²) in [4.78, 5) is 5.04. The minimum absolute atomic E-state index is 0.540. The third kappa shape index (κ3) is 4.14. The highest BCUT2D eigenvalue weighted by atomic mass is 32.1. The van der Waals surface area contributed by atoms with Crippen molar-refractivity contribution in [1.82, 2.24) is 9.55 Å². The molecule has 2 unspecified atom stereocenters. The van der Waals surface area contributed by atoms with E-state index in [0.29, 0.717) is 6.04 Å². The van der Waals surface area contributed by atoms with E-state index in [4.69, 9.17) is 9.72 Å². The van der Waals surface area contributed by atoms with Crippen molar-refractivity contribution in [3.63, 3.8) is 0 Å². The van der Waals surface area contributed by atoms with Crippen LogP contribution in [0.4, 0.5) is 5.13 Å². The minimum atomic E-state index is 0.540. The van der Waals surface area contributed by atoms with Gasteiger partial charge in [0.05, 0.1) is 12.8 Å². The van der Waals surface area contributed by atoms with E-state index in [2.05, 4.69) is 71.6 Å². The number of anilines is 1. The first-order valence-electron chi connectivity index (χ1n) is 11.6. The van der Waals surface area contributed by atoms with Crippen LogP contribution in [-0.4, -0.2) is 22.7 Å². The Kier molecular flexibility index (Phi) is 5.92. The van der Waals surface area contributed by atoms with Gasteiger partial charge in [0.15, 0.2) is 5.13 Å². The Labute approximate surface area is 194 Å². The average Bonchev–Trinajstić information content (AvgIpc) is 3.36. The summed E-state index contributed by atoms with van der Waals surface area (Å²) in [6.07, 6.45) is 5.14. The van der Waals surface area contributed by atoms with Crippen molar-refractivity contribution >= 4 is 27.4 Å². The number of nitrogens with zero attached hydrogens (tertiary/aromatic N) is 2. The van der Waals surface area contributed by atoms with Crippen LogP contribution in [0.3, 0.4) is 0 Å². The van der Waals surface area contributed by atoms with Crippen molar-refractivity contribution in [1.29, 1.82) is 0 Å². The predicted octanol–water partition coefficient (Wildman–Crippen LogP) is 7.12. The summed E-state index contributed by atoms with van der Waals surface area (Å²) in [5, 5.41) is 8.14. The maximum Gasteiger partial charge on any atom is 0.183 e. The van der Waals surface area contributed by atoms with Crippen LogP contribution in [0.5, 0.6) is 5.75 Å². The number of rotatable bonds is 6. The molecular weight excluding hydrogens is 414 g/mol. The SMILES string of the molecule is COc1ccc2c(c1)c(-c1csc(NC3CCCC(C)C3)n1)c(C)n2Cc1ccccc1. The smallest absolute Gasteiger partial charge is 0.183 e. The van der Waals surface area contributed by atoms with E-state index in [-0.39, 0.29) is 0 Å². The Morgan fingerprint density at radius 1 is 1.16 bits per heavy atom. The second-order valence-corrected chi connectivity index (χ2v) is 9.92. The Bertz CT molecular complexity index is 1210. The van der Waals surface area contributed by atoms with E-state index < -0.39 is 0 Å². The average molecular weight is 446 g/mol. The van der Waals surface area contributed by atoms with E-state index in [0.717, 1.165) is 29.0 Å². The zero-order chi connectivity index (χ0) is 22.1. The lowest BCUT2D eigenvalue weighted by Gasteiger charge is -2.27. The Morgan fingerprint density at radius 2 is 2.00 bits per heavy atom. The van der Waals surface area contributed by atoms with Crippen LogP contribution >= 0.6 is 11.3 Å². The first kappa shape index (κ1) is 21.1. The summed E-state index contributed by atoms with van der Waals surface area (Å²) in [6.45, 7) is 5.41. The van der Waals surface area contributed by atoms with Crippen LogP contribution in [0.1, 0.15) is 43.9 Å². The molecule has 0 amide bonds. The first-order valence-corrected chi connectivity index (χ1v) is 12.4. The molecule has 0 spiro atoms. The number of hydrogen-bond acceptors (Lipinski definition) is 4. The van der Waals surface area contributed by atoms with Crippen molar-refractivity contribution in [2.45, 2.75) is 52.1 Å². The number of methoxy groups -OCH3 is 1. The molecule has 32 heavy (non-hydrogen) atoms. The van der Waals surface area contributed by atoms with Gasteiger partial charge in [-0.3, -0.25) is 0 Å². The maximum absolute atomic E-state index is 5.56. The van der Waals surface area contributed by atoms with Gasteiger partial charge in [-0.1, -0.05) is 50.1 Å². The molecule has 2 heterocycles. The third-order valence-corrected chi connectivity index (χ3v) is 7.51. The highest BCUT2D eigenvalue weighted by Gasteiger charge is 2.22. The highest BCUT2D eigenvalue weighted by Crippen LogP contribution is 2.38. The van der Waals surface area contributed by atoms with E-state index in [1.165, 1.54) is 53.4 Å². The molecule has 0 bridgehead atoms. The molecule has 0 radical (unpaired) electrons. The van der Waals surface area contributed by atoms with Gasteiger partial charge in [0, 0.05) is 40.1 Å². The fourth-order valence-electron chi connectivity index (χ4n) is 5.08. The second-order valence-electron chi connectivity index (χ2n) is 9.07. The fraction of sp³-hybridized carbons (Fsp3) is 0.370. The van der Waals surface area contributed by atoms with Gasteiger partial charge in [-0.2, -0.15) is 0 Å². The van der Waals surface area contributed by atoms with E-state index >= 15 is 0 Å². The Hall–Kier alpha value is -2.79. The van der Waals surface area contributed by atoms with E-state index in [1.54, 1.807) is 18.4 Å².